The molecular weight excluding hydrogens is 465 g/mol. The van der Waals surface area contributed by atoms with E-state index in [4.69, 9.17) is 9.73 Å². The SMILES string of the molecule is CCNC(=NCc1nccc2ccccc12)NCC(C)(C)N1CCOCC1.I. The minimum atomic E-state index is 0. The van der Waals surface area contributed by atoms with Gasteiger partial charge in [-0.25, -0.2) is 4.99 Å². The number of nitrogens with zero attached hydrogens (tertiary/aromatic N) is 3. The van der Waals surface area contributed by atoms with E-state index in [0.717, 1.165) is 56.4 Å². The number of guanidine groups is 1. The second kappa shape index (κ2) is 10.9. The summed E-state index contributed by atoms with van der Waals surface area (Å²) < 4.78 is 5.48. The van der Waals surface area contributed by atoms with E-state index >= 15 is 0 Å². The van der Waals surface area contributed by atoms with Crippen molar-refractivity contribution in [2.24, 2.45) is 4.99 Å². The lowest BCUT2D eigenvalue weighted by atomic mass is 10.0. The minimum absolute atomic E-state index is 0. The molecule has 0 saturated carbocycles. The van der Waals surface area contributed by atoms with Gasteiger partial charge in [0.25, 0.3) is 0 Å². The van der Waals surface area contributed by atoms with Crippen LogP contribution in [0.15, 0.2) is 41.5 Å². The summed E-state index contributed by atoms with van der Waals surface area (Å²) in [4.78, 5) is 11.8. The number of morpholine rings is 1. The van der Waals surface area contributed by atoms with E-state index in [-0.39, 0.29) is 29.5 Å². The Labute approximate surface area is 185 Å². The topological polar surface area (TPSA) is 61.8 Å². The third-order valence-corrected chi connectivity index (χ3v) is 5.04. The Kier molecular flexibility index (Phi) is 8.91. The van der Waals surface area contributed by atoms with Crippen molar-refractivity contribution in [3.05, 3.63) is 42.2 Å². The van der Waals surface area contributed by atoms with Crippen molar-refractivity contribution in [1.82, 2.24) is 20.5 Å². The van der Waals surface area contributed by atoms with Crippen LogP contribution in [0.1, 0.15) is 26.5 Å². The van der Waals surface area contributed by atoms with Crippen LogP contribution >= 0.6 is 24.0 Å². The Balaban J connectivity index is 0.00000280. The number of rotatable bonds is 6. The molecule has 0 radical (unpaired) electrons. The quantitative estimate of drug-likeness (QED) is 0.365. The molecule has 2 N–H and O–H groups in total. The molecule has 1 fully saturated rings. The summed E-state index contributed by atoms with van der Waals surface area (Å²) >= 11 is 0. The fraction of sp³-hybridized carbons (Fsp3) is 0.524. The number of aliphatic imine (C=N–C) groups is 1. The van der Waals surface area contributed by atoms with Crippen molar-refractivity contribution in [3.8, 4) is 0 Å². The second-order valence-electron chi connectivity index (χ2n) is 7.44. The highest BCUT2D eigenvalue weighted by Gasteiger charge is 2.28. The first-order chi connectivity index (χ1) is 13.1. The van der Waals surface area contributed by atoms with Crippen LogP contribution < -0.4 is 10.6 Å². The number of fused-ring (bicyclic) bond motifs is 1. The molecule has 2 heterocycles. The van der Waals surface area contributed by atoms with Crippen LogP contribution in [0, 0.1) is 0 Å². The van der Waals surface area contributed by atoms with Crippen LogP contribution in [0.3, 0.4) is 0 Å². The molecule has 1 saturated heterocycles. The third kappa shape index (κ3) is 6.02. The third-order valence-electron chi connectivity index (χ3n) is 5.04. The number of benzene rings is 1. The molecule has 0 aliphatic carbocycles. The number of aromatic nitrogens is 1. The molecule has 1 aliphatic heterocycles. The van der Waals surface area contributed by atoms with Gasteiger partial charge in [0.1, 0.15) is 0 Å². The van der Waals surface area contributed by atoms with Crippen LogP contribution in [0.5, 0.6) is 0 Å². The largest absolute Gasteiger partial charge is 0.379 e. The maximum atomic E-state index is 5.48. The Morgan fingerprint density at radius 2 is 1.93 bits per heavy atom. The lowest BCUT2D eigenvalue weighted by Crippen LogP contribution is -2.56. The lowest BCUT2D eigenvalue weighted by Gasteiger charge is -2.41. The molecule has 0 bridgehead atoms. The molecular formula is C21H32IN5O. The first-order valence-corrected chi connectivity index (χ1v) is 9.78. The molecule has 28 heavy (non-hydrogen) atoms. The van der Waals surface area contributed by atoms with Gasteiger partial charge < -0.3 is 15.4 Å². The average Bonchev–Trinajstić information content (AvgIpc) is 2.71. The molecule has 0 amide bonds. The average molecular weight is 497 g/mol. The molecule has 154 valence electrons. The van der Waals surface area contributed by atoms with Crippen LogP contribution in [0.2, 0.25) is 0 Å². The molecule has 1 aliphatic rings. The summed E-state index contributed by atoms with van der Waals surface area (Å²) in [6, 6.07) is 10.4. The number of nitrogens with one attached hydrogen (secondary N) is 2. The number of ether oxygens (including phenoxy) is 1. The van der Waals surface area contributed by atoms with Gasteiger partial charge in [0, 0.05) is 43.3 Å². The van der Waals surface area contributed by atoms with E-state index in [1.54, 1.807) is 0 Å². The van der Waals surface area contributed by atoms with Gasteiger partial charge in [-0.1, -0.05) is 24.3 Å². The molecule has 1 aromatic carbocycles. The highest BCUT2D eigenvalue weighted by Crippen LogP contribution is 2.17. The normalized spacial score (nSPS) is 15.9. The molecule has 6 nitrogen and oxygen atoms in total. The summed E-state index contributed by atoms with van der Waals surface area (Å²) in [6.07, 6.45) is 1.86. The zero-order chi connectivity index (χ0) is 19.1. The van der Waals surface area contributed by atoms with Gasteiger partial charge in [-0.2, -0.15) is 0 Å². The summed E-state index contributed by atoms with van der Waals surface area (Å²) in [7, 11) is 0. The van der Waals surface area contributed by atoms with Gasteiger partial charge in [-0.15, -0.1) is 24.0 Å². The standard InChI is InChI=1S/C21H31N5O.HI/c1-4-22-20(25-16-21(2,3)26-11-13-27-14-12-26)24-15-19-18-8-6-5-7-17(18)9-10-23-19;/h5-10H,4,11-16H2,1-3H3,(H2,22,24,25);1H. The van der Waals surface area contributed by atoms with E-state index in [1.165, 1.54) is 5.39 Å². The van der Waals surface area contributed by atoms with E-state index in [2.05, 4.69) is 59.5 Å². The number of halogens is 1. The minimum Gasteiger partial charge on any atom is -0.379 e. The van der Waals surface area contributed by atoms with Crippen molar-refractivity contribution >= 4 is 40.7 Å². The van der Waals surface area contributed by atoms with Crippen molar-refractivity contribution in [2.75, 3.05) is 39.4 Å². The Hall–Kier alpha value is -1.45. The highest BCUT2D eigenvalue weighted by atomic mass is 127. The number of hydrogen-bond donors (Lipinski definition) is 2. The molecule has 3 rings (SSSR count). The second-order valence-corrected chi connectivity index (χ2v) is 7.44. The first kappa shape index (κ1) is 22.8. The maximum Gasteiger partial charge on any atom is 0.191 e. The zero-order valence-electron chi connectivity index (χ0n) is 17.1. The molecule has 0 spiro atoms. The van der Waals surface area contributed by atoms with Gasteiger partial charge in [-0.05, 0) is 32.2 Å². The van der Waals surface area contributed by atoms with Crippen molar-refractivity contribution < 1.29 is 4.74 Å². The van der Waals surface area contributed by atoms with Crippen LogP contribution in [0.25, 0.3) is 10.8 Å². The smallest absolute Gasteiger partial charge is 0.191 e. The van der Waals surface area contributed by atoms with Crippen LogP contribution in [-0.4, -0.2) is 60.8 Å². The molecule has 7 heteroatoms. The molecule has 0 atom stereocenters. The maximum absolute atomic E-state index is 5.48. The Morgan fingerprint density at radius 3 is 2.68 bits per heavy atom. The fourth-order valence-corrected chi connectivity index (χ4v) is 3.38. The summed E-state index contributed by atoms with van der Waals surface area (Å²) in [5, 5.41) is 9.21. The van der Waals surface area contributed by atoms with Gasteiger partial charge in [0.15, 0.2) is 5.96 Å². The zero-order valence-corrected chi connectivity index (χ0v) is 19.4. The Morgan fingerprint density at radius 1 is 1.18 bits per heavy atom. The van der Waals surface area contributed by atoms with E-state index in [1.807, 2.05) is 18.3 Å². The summed E-state index contributed by atoms with van der Waals surface area (Å²) in [5.74, 6) is 0.827. The number of hydrogen-bond acceptors (Lipinski definition) is 4. The van der Waals surface area contributed by atoms with Crippen LogP contribution in [-0.2, 0) is 11.3 Å². The van der Waals surface area contributed by atoms with Crippen molar-refractivity contribution in [1.29, 1.82) is 0 Å². The summed E-state index contributed by atoms with van der Waals surface area (Å²) in [5.41, 5.74) is 1.04. The number of pyridine rings is 1. The predicted molar refractivity (Wildman–Crippen MR) is 126 cm³/mol. The highest BCUT2D eigenvalue weighted by molar-refractivity contribution is 14.0. The van der Waals surface area contributed by atoms with Gasteiger partial charge in [-0.3, -0.25) is 9.88 Å². The lowest BCUT2D eigenvalue weighted by molar-refractivity contribution is -0.00834. The fourth-order valence-electron chi connectivity index (χ4n) is 3.38. The Bertz CT molecular complexity index is 769. The first-order valence-electron chi connectivity index (χ1n) is 9.78. The van der Waals surface area contributed by atoms with Gasteiger partial charge in [0.2, 0.25) is 0 Å². The summed E-state index contributed by atoms with van der Waals surface area (Å²) in [6.45, 7) is 12.4. The molecule has 2 aromatic rings. The van der Waals surface area contributed by atoms with Gasteiger partial charge in [0.05, 0.1) is 25.5 Å². The predicted octanol–water partition coefficient (Wildman–Crippen LogP) is 3.02. The van der Waals surface area contributed by atoms with E-state index < -0.39 is 0 Å². The van der Waals surface area contributed by atoms with E-state index in [9.17, 15) is 0 Å². The van der Waals surface area contributed by atoms with Crippen LogP contribution in [0.4, 0.5) is 0 Å². The monoisotopic (exact) mass is 497 g/mol. The molecule has 1 aromatic heterocycles. The molecule has 0 unspecified atom stereocenters. The van der Waals surface area contributed by atoms with E-state index in [0.29, 0.717) is 6.54 Å². The van der Waals surface area contributed by atoms with Crippen molar-refractivity contribution in [2.45, 2.75) is 32.9 Å². The van der Waals surface area contributed by atoms with Crippen molar-refractivity contribution in [3.63, 3.8) is 0 Å². The van der Waals surface area contributed by atoms with Gasteiger partial charge >= 0.3 is 0 Å².